The Morgan fingerprint density at radius 1 is 1.25 bits per heavy atom. The molecule has 0 spiro atoms. The minimum atomic E-state index is 0.887. The van der Waals surface area contributed by atoms with Gasteiger partial charge in [-0.1, -0.05) is 19.8 Å². The van der Waals surface area contributed by atoms with Gasteiger partial charge in [-0.05, 0) is 44.1 Å². The van der Waals surface area contributed by atoms with Crippen LogP contribution < -0.4 is 5.32 Å². The van der Waals surface area contributed by atoms with Gasteiger partial charge in [0, 0.05) is 6.04 Å². The molecule has 0 aromatic heterocycles. The van der Waals surface area contributed by atoms with E-state index in [2.05, 4.69) is 12.2 Å². The molecule has 2 saturated carbocycles. The fourth-order valence-corrected chi connectivity index (χ4v) is 1.98. The topological polar surface area (TPSA) is 12.0 Å². The lowest BCUT2D eigenvalue weighted by molar-refractivity contribution is 0.416. The molecule has 0 heterocycles. The first kappa shape index (κ1) is 8.55. The van der Waals surface area contributed by atoms with Crippen LogP contribution in [0, 0.1) is 11.8 Å². The summed E-state index contributed by atoms with van der Waals surface area (Å²) in [4.78, 5) is 0. The maximum atomic E-state index is 3.70. The molecular formula is C11H21N. The molecule has 70 valence electrons. The first-order chi connectivity index (χ1) is 5.90. The Morgan fingerprint density at radius 2 is 2.00 bits per heavy atom. The molecule has 1 nitrogen and oxygen atoms in total. The lowest BCUT2D eigenvalue weighted by Crippen LogP contribution is -2.32. The summed E-state index contributed by atoms with van der Waals surface area (Å²) in [5.41, 5.74) is 0. The Bertz CT molecular complexity index is 136. The van der Waals surface area contributed by atoms with Crippen molar-refractivity contribution in [2.24, 2.45) is 11.8 Å². The summed E-state index contributed by atoms with van der Waals surface area (Å²) in [5, 5.41) is 3.70. The Labute approximate surface area is 75.9 Å². The highest BCUT2D eigenvalue weighted by molar-refractivity contribution is 4.90. The van der Waals surface area contributed by atoms with Gasteiger partial charge >= 0.3 is 0 Å². The van der Waals surface area contributed by atoms with Crippen molar-refractivity contribution in [3.05, 3.63) is 0 Å². The third kappa shape index (κ3) is 2.48. The van der Waals surface area contributed by atoms with E-state index in [4.69, 9.17) is 0 Å². The molecule has 1 N–H and O–H groups in total. The fourth-order valence-electron chi connectivity index (χ4n) is 1.98. The largest absolute Gasteiger partial charge is 0.314 e. The predicted octanol–water partition coefficient (Wildman–Crippen LogP) is 2.56. The Balaban J connectivity index is 1.68. The predicted molar refractivity (Wildman–Crippen MR) is 52.1 cm³/mol. The summed E-state index contributed by atoms with van der Waals surface area (Å²) >= 11 is 0. The van der Waals surface area contributed by atoms with Gasteiger partial charge in [0.1, 0.15) is 0 Å². The van der Waals surface area contributed by atoms with E-state index >= 15 is 0 Å². The summed E-state index contributed by atoms with van der Waals surface area (Å²) < 4.78 is 0. The zero-order valence-electron chi connectivity index (χ0n) is 8.18. The fraction of sp³-hybridized carbons (Fsp3) is 1.00. The van der Waals surface area contributed by atoms with Crippen molar-refractivity contribution >= 4 is 0 Å². The second-order valence-corrected chi connectivity index (χ2v) is 4.58. The minimum Gasteiger partial charge on any atom is -0.314 e. The van der Waals surface area contributed by atoms with Crippen LogP contribution in [0.3, 0.4) is 0 Å². The number of nitrogens with one attached hydrogen (secondary N) is 1. The second kappa shape index (κ2) is 3.78. The first-order valence-corrected chi connectivity index (χ1v) is 5.63. The quantitative estimate of drug-likeness (QED) is 0.641. The van der Waals surface area contributed by atoms with Crippen LogP contribution in [0.4, 0.5) is 0 Å². The Morgan fingerprint density at radius 3 is 2.50 bits per heavy atom. The SMILES string of the molecule is CCCNC(CC1CC1)C1CC1. The highest BCUT2D eigenvalue weighted by atomic mass is 14.9. The maximum Gasteiger partial charge on any atom is 0.00979 e. The zero-order chi connectivity index (χ0) is 8.39. The molecule has 12 heavy (non-hydrogen) atoms. The Kier molecular flexibility index (Phi) is 2.69. The van der Waals surface area contributed by atoms with Crippen molar-refractivity contribution in [1.29, 1.82) is 0 Å². The molecule has 2 aliphatic carbocycles. The highest BCUT2D eigenvalue weighted by Gasteiger charge is 2.34. The van der Waals surface area contributed by atoms with E-state index in [-0.39, 0.29) is 0 Å². The molecule has 1 unspecified atom stereocenters. The van der Waals surface area contributed by atoms with Crippen LogP contribution in [0.1, 0.15) is 45.4 Å². The van der Waals surface area contributed by atoms with Gasteiger partial charge in [-0.15, -0.1) is 0 Å². The molecule has 2 fully saturated rings. The molecule has 0 amide bonds. The van der Waals surface area contributed by atoms with E-state index in [1.54, 1.807) is 0 Å². The van der Waals surface area contributed by atoms with E-state index in [0.29, 0.717) is 0 Å². The highest BCUT2D eigenvalue weighted by Crippen LogP contribution is 2.41. The minimum absolute atomic E-state index is 0.887. The zero-order valence-corrected chi connectivity index (χ0v) is 8.18. The smallest absolute Gasteiger partial charge is 0.00979 e. The summed E-state index contributed by atoms with van der Waals surface area (Å²) in [6.45, 7) is 3.49. The molecule has 1 heteroatoms. The van der Waals surface area contributed by atoms with Gasteiger partial charge in [0.05, 0.1) is 0 Å². The van der Waals surface area contributed by atoms with Crippen LogP contribution in [0.15, 0.2) is 0 Å². The van der Waals surface area contributed by atoms with Crippen LogP contribution in [-0.4, -0.2) is 12.6 Å². The molecule has 0 radical (unpaired) electrons. The average molecular weight is 167 g/mol. The number of hydrogen-bond acceptors (Lipinski definition) is 1. The monoisotopic (exact) mass is 167 g/mol. The number of hydrogen-bond donors (Lipinski definition) is 1. The lowest BCUT2D eigenvalue weighted by Gasteiger charge is -2.17. The van der Waals surface area contributed by atoms with E-state index < -0.39 is 0 Å². The van der Waals surface area contributed by atoms with E-state index in [1.165, 1.54) is 45.1 Å². The molecular weight excluding hydrogens is 146 g/mol. The first-order valence-electron chi connectivity index (χ1n) is 5.63. The standard InChI is InChI=1S/C11H21N/c1-2-7-12-11(10-5-6-10)8-9-3-4-9/h9-12H,2-8H2,1H3. The van der Waals surface area contributed by atoms with Crippen molar-refractivity contribution in [2.45, 2.75) is 51.5 Å². The van der Waals surface area contributed by atoms with Crippen molar-refractivity contribution in [3.63, 3.8) is 0 Å². The average Bonchev–Trinajstić information content (AvgIpc) is 2.85. The van der Waals surface area contributed by atoms with Crippen molar-refractivity contribution in [3.8, 4) is 0 Å². The third-order valence-electron chi connectivity index (χ3n) is 3.13. The van der Waals surface area contributed by atoms with Crippen molar-refractivity contribution < 1.29 is 0 Å². The van der Waals surface area contributed by atoms with Gasteiger partial charge in [0.15, 0.2) is 0 Å². The second-order valence-electron chi connectivity index (χ2n) is 4.58. The van der Waals surface area contributed by atoms with Gasteiger partial charge in [-0.2, -0.15) is 0 Å². The third-order valence-corrected chi connectivity index (χ3v) is 3.13. The van der Waals surface area contributed by atoms with Crippen molar-refractivity contribution in [1.82, 2.24) is 5.32 Å². The van der Waals surface area contributed by atoms with Gasteiger partial charge in [0.2, 0.25) is 0 Å². The summed E-state index contributed by atoms with van der Waals surface area (Å²) in [5.74, 6) is 2.15. The van der Waals surface area contributed by atoms with Gasteiger partial charge in [-0.3, -0.25) is 0 Å². The van der Waals surface area contributed by atoms with Crippen molar-refractivity contribution in [2.75, 3.05) is 6.54 Å². The van der Waals surface area contributed by atoms with E-state index in [0.717, 1.165) is 17.9 Å². The normalized spacial score (nSPS) is 25.8. The Hall–Kier alpha value is -0.0400. The molecule has 2 aliphatic rings. The molecule has 0 bridgehead atoms. The molecule has 0 aromatic rings. The molecule has 0 saturated heterocycles. The summed E-state index contributed by atoms with van der Waals surface area (Å²) in [7, 11) is 0. The molecule has 2 rings (SSSR count). The van der Waals surface area contributed by atoms with Crippen LogP contribution in [-0.2, 0) is 0 Å². The maximum absolute atomic E-state index is 3.70. The number of rotatable bonds is 6. The summed E-state index contributed by atoms with van der Waals surface area (Å²) in [6.07, 6.45) is 8.77. The van der Waals surface area contributed by atoms with E-state index in [9.17, 15) is 0 Å². The molecule has 0 aromatic carbocycles. The molecule has 0 aliphatic heterocycles. The van der Waals surface area contributed by atoms with Crippen LogP contribution in [0.25, 0.3) is 0 Å². The van der Waals surface area contributed by atoms with Crippen LogP contribution in [0.2, 0.25) is 0 Å². The lowest BCUT2D eigenvalue weighted by atomic mass is 10.1. The summed E-state index contributed by atoms with van der Waals surface area (Å²) in [6, 6.07) is 0.887. The molecule has 1 atom stereocenters. The van der Waals surface area contributed by atoms with Gasteiger partial charge < -0.3 is 5.32 Å². The van der Waals surface area contributed by atoms with E-state index in [1.807, 2.05) is 0 Å². The van der Waals surface area contributed by atoms with Crippen LogP contribution >= 0.6 is 0 Å². The van der Waals surface area contributed by atoms with Gasteiger partial charge in [-0.25, -0.2) is 0 Å². The van der Waals surface area contributed by atoms with Gasteiger partial charge in [0.25, 0.3) is 0 Å². The van der Waals surface area contributed by atoms with Crippen LogP contribution in [0.5, 0.6) is 0 Å².